The first-order valence-electron chi connectivity index (χ1n) is 6.50. The Morgan fingerprint density at radius 2 is 2.00 bits per heavy atom. The molecule has 6 nitrogen and oxygen atoms in total. The first-order chi connectivity index (χ1) is 10.2. The Morgan fingerprint density at radius 3 is 2.71 bits per heavy atom. The monoisotopic (exact) mass is 283 g/mol. The van der Waals surface area contributed by atoms with Gasteiger partial charge in [0.05, 0.1) is 16.6 Å². The third kappa shape index (κ3) is 2.43. The molecule has 0 bridgehead atoms. The molecule has 2 heterocycles. The second-order valence-electron chi connectivity index (χ2n) is 4.69. The minimum atomic E-state index is -1.04. The molecule has 0 saturated carbocycles. The average molecular weight is 283 g/mol. The molecule has 1 aromatic carbocycles. The van der Waals surface area contributed by atoms with E-state index in [0.717, 1.165) is 5.56 Å². The molecule has 3 aromatic rings. The summed E-state index contributed by atoms with van der Waals surface area (Å²) in [4.78, 5) is 30.0. The van der Waals surface area contributed by atoms with Gasteiger partial charge in [0.1, 0.15) is 0 Å². The van der Waals surface area contributed by atoms with Gasteiger partial charge in [-0.3, -0.25) is 9.55 Å². The third-order valence-electron chi connectivity index (χ3n) is 3.40. The number of carbonyl (C=O) groups is 1. The topological polar surface area (TPSA) is 88.0 Å². The van der Waals surface area contributed by atoms with Crippen LogP contribution in [0.4, 0.5) is 0 Å². The minimum absolute atomic E-state index is 0.126. The van der Waals surface area contributed by atoms with Gasteiger partial charge in [0.25, 0.3) is 0 Å². The molecule has 0 unspecified atom stereocenters. The van der Waals surface area contributed by atoms with Crippen LogP contribution in [0.25, 0.3) is 11.0 Å². The molecule has 0 radical (unpaired) electrons. The highest BCUT2D eigenvalue weighted by Gasteiger charge is 2.15. The van der Waals surface area contributed by atoms with Crippen molar-refractivity contribution in [3.05, 3.63) is 64.3 Å². The molecule has 0 aliphatic heterocycles. The maximum absolute atomic E-state index is 12.0. The number of hydrogen-bond donors (Lipinski definition) is 2. The van der Waals surface area contributed by atoms with Crippen molar-refractivity contribution in [2.24, 2.45) is 0 Å². The number of rotatable bonds is 4. The summed E-state index contributed by atoms with van der Waals surface area (Å²) in [6.07, 6.45) is 4.01. The van der Waals surface area contributed by atoms with E-state index in [1.807, 2.05) is 12.1 Å². The normalized spacial score (nSPS) is 10.9. The van der Waals surface area contributed by atoms with E-state index in [2.05, 4.69) is 9.97 Å². The largest absolute Gasteiger partial charge is 0.478 e. The summed E-state index contributed by atoms with van der Waals surface area (Å²) in [6.45, 7) is 0.410. The highest BCUT2D eigenvalue weighted by molar-refractivity contribution is 6.01. The second kappa shape index (κ2) is 5.24. The Bertz CT molecular complexity index is 849. The number of H-pyrrole nitrogens is 1. The molecule has 2 aromatic heterocycles. The Morgan fingerprint density at radius 1 is 1.24 bits per heavy atom. The van der Waals surface area contributed by atoms with Crippen LogP contribution >= 0.6 is 0 Å². The van der Waals surface area contributed by atoms with Gasteiger partial charge in [-0.25, -0.2) is 9.59 Å². The number of para-hydroxylation sites is 1. The SMILES string of the molecule is O=C(O)c1cccc2[nH]c(=O)n(CCc3ccncc3)c12. The van der Waals surface area contributed by atoms with Crippen molar-refractivity contribution in [3.63, 3.8) is 0 Å². The predicted molar refractivity (Wildman–Crippen MR) is 77.5 cm³/mol. The average Bonchev–Trinajstić information content (AvgIpc) is 2.81. The zero-order valence-electron chi connectivity index (χ0n) is 11.1. The van der Waals surface area contributed by atoms with Gasteiger partial charge < -0.3 is 10.1 Å². The number of aromatic nitrogens is 3. The van der Waals surface area contributed by atoms with Crippen LogP contribution in [0.1, 0.15) is 15.9 Å². The quantitative estimate of drug-likeness (QED) is 0.762. The van der Waals surface area contributed by atoms with Gasteiger partial charge >= 0.3 is 11.7 Å². The summed E-state index contributed by atoms with van der Waals surface area (Å²) < 4.78 is 1.47. The van der Waals surface area contributed by atoms with Crippen LogP contribution in [0.15, 0.2) is 47.5 Å². The molecule has 6 heteroatoms. The van der Waals surface area contributed by atoms with Crippen LogP contribution in [0, 0.1) is 0 Å². The van der Waals surface area contributed by atoms with E-state index in [9.17, 15) is 14.7 Å². The first-order valence-corrected chi connectivity index (χ1v) is 6.50. The number of imidazole rings is 1. The van der Waals surface area contributed by atoms with Crippen molar-refractivity contribution in [3.8, 4) is 0 Å². The van der Waals surface area contributed by atoms with Crippen molar-refractivity contribution in [2.75, 3.05) is 0 Å². The lowest BCUT2D eigenvalue weighted by molar-refractivity contribution is 0.0698. The van der Waals surface area contributed by atoms with Gasteiger partial charge in [-0.05, 0) is 36.2 Å². The summed E-state index contributed by atoms with van der Waals surface area (Å²) >= 11 is 0. The summed E-state index contributed by atoms with van der Waals surface area (Å²) in [6, 6.07) is 8.57. The lowest BCUT2D eigenvalue weighted by Crippen LogP contribution is -2.19. The molecule has 3 rings (SSSR count). The minimum Gasteiger partial charge on any atom is -0.478 e. The zero-order chi connectivity index (χ0) is 14.8. The van der Waals surface area contributed by atoms with Crippen molar-refractivity contribution in [1.82, 2.24) is 14.5 Å². The number of carboxylic acids is 1. The summed E-state index contributed by atoms with van der Waals surface area (Å²) in [5.41, 5.74) is 1.84. The number of aromatic carboxylic acids is 1. The molecule has 106 valence electrons. The number of fused-ring (bicyclic) bond motifs is 1. The molecule has 2 N–H and O–H groups in total. The number of benzene rings is 1. The van der Waals surface area contributed by atoms with Crippen molar-refractivity contribution >= 4 is 17.0 Å². The molecule has 0 aliphatic rings. The van der Waals surface area contributed by atoms with Gasteiger partial charge in [-0.15, -0.1) is 0 Å². The van der Waals surface area contributed by atoms with Crippen LogP contribution in [-0.2, 0) is 13.0 Å². The molecule has 21 heavy (non-hydrogen) atoms. The molecule has 0 amide bonds. The fourth-order valence-electron chi connectivity index (χ4n) is 2.40. The maximum atomic E-state index is 12.0. The lowest BCUT2D eigenvalue weighted by atomic mass is 10.1. The van der Waals surface area contributed by atoms with Crippen LogP contribution in [0.5, 0.6) is 0 Å². The van der Waals surface area contributed by atoms with Crippen LogP contribution in [0.3, 0.4) is 0 Å². The van der Waals surface area contributed by atoms with E-state index in [1.165, 1.54) is 10.6 Å². The van der Waals surface area contributed by atoms with E-state index in [4.69, 9.17) is 0 Å². The number of nitrogens with zero attached hydrogens (tertiary/aromatic N) is 2. The Labute approximate surface area is 119 Å². The smallest absolute Gasteiger partial charge is 0.337 e. The number of hydrogen-bond acceptors (Lipinski definition) is 3. The number of carboxylic acid groups (broad SMARTS) is 1. The number of pyridine rings is 1. The first kappa shape index (κ1) is 13.1. The number of nitrogens with one attached hydrogen (secondary N) is 1. The number of aromatic amines is 1. The van der Waals surface area contributed by atoms with E-state index in [-0.39, 0.29) is 11.3 Å². The molecule has 0 saturated heterocycles. The Balaban J connectivity index is 2.04. The molecule has 0 atom stereocenters. The van der Waals surface area contributed by atoms with Gasteiger partial charge in [-0.1, -0.05) is 6.07 Å². The highest BCUT2D eigenvalue weighted by atomic mass is 16.4. The predicted octanol–water partition coefficient (Wildman–Crippen LogP) is 1.67. The van der Waals surface area contributed by atoms with Crippen LogP contribution in [0.2, 0.25) is 0 Å². The molecular formula is C15H13N3O3. The summed E-state index contributed by atoms with van der Waals surface area (Å²) in [5.74, 6) is -1.04. The van der Waals surface area contributed by atoms with Gasteiger partial charge in [0.2, 0.25) is 0 Å². The second-order valence-corrected chi connectivity index (χ2v) is 4.69. The fraction of sp³-hybridized carbons (Fsp3) is 0.133. The molecule has 0 fully saturated rings. The van der Waals surface area contributed by atoms with Crippen LogP contribution < -0.4 is 5.69 Å². The Hall–Kier alpha value is -2.89. The van der Waals surface area contributed by atoms with Gasteiger partial charge in [0.15, 0.2) is 0 Å². The number of aryl methyl sites for hydroxylation is 2. The van der Waals surface area contributed by atoms with E-state index in [1.54, 1.807) is 24.5 Å². The Kier molecular flexibility index (Phi) is 3.27. The zero-order valence-corrected chi connectivity index (χ0v) is 11.1. The van der Waals surface area contributed by atoms with Crippen molar-refractivity contribution in [1.29, 1.82) is 0 Å². The molecular weight excluding hydrogens is 270 g/mol. The fourth-order valence-corrected chi connectivity index (χ4v) is 2.40. The summed E-state index contributed by atoms with van der Waals surface area (Å²) in [5, 5.41) is 9.26. The standard InChI is InChI=1S/C15H13N3O3/c19-14(20)11-2-1-3-12-13(11)18(15(21)17-12)9-6-10-4-7-16-8-5-10/h1-5,7-8H,6,9H2,(H,17,21)(H,19,20). The highest BCUT2D eigenvalue weighted by Crippen LogP contribution is 2.16. The van der Waals surface area contributed by atoms with E-state index >= 15 is 0 Å². The van der Waals surface area contributed by atoms with E-state index in [0.29, 0.717) is 24.0 Å². The van der Waals surface area contributed by atoms with Gasteiger partial charge in [-0.2, -0.15) is 0 Å². The molecule has 0 spiro atoms. The molecule has 0 aliphatic carbocycles. The van der Waals surface area contributed by atoms with E-state index < -0.39 is 5.97 Å². The van der Waals surface area contributed by atoms with Crippen molar-refractivity contribution < 1.29 is 9.90 Å². The lowest BCUT2D eigenvalue weighted by Gasteiger charge is -2.05. The summed E-state index contributed by atoms with van der Waals surface area (Å²) in [7, 11) is 0. The third-order valence-corrected chi connectivity index (χ3v) is 3.40. The van der Waals surface area contributed by atoms with Crippen LogP contribution in [-0.4, -0.2) is 25.6 Å². The van der Waals surface area contributed by atoms with Gasteiger partial charge in [0, 0.05) is 18.9 Å². The maximum Gasteiger partial charge on any atom is 0.337 e. The van der Waals surface area contributed by atoms with Crippen molar-refractivity contribution in [2.45, 2.75) is 13.0 Å².